The van der Waals surface area contributed by atoms with Crippen molar-refractivity contribution in [2.75, 3.05) is 17.4 Å². The SMILES string of the molecule is CCNC(=O)[C@H](Cc1ccccc1)N(Cc1cccc(C)c1)C(=O)CN(c1ccc(C(C)C)cc1)S(=O)(=O)c1ccccc1. The number of hydrogen-bond acceptors (Lipinski definition) is 4. The zero-order valence-electron chi connectivity index (χ0n) is 25.8. The van der Waals surface area contributed by atoms with Gasteiger partial charge in [-0.2, -0.15) is 0 Å². The summed E-state index contributed by atoms with van der Waals surface area (Å²) in [7, 11) is -4.13. The van der Waals surface area contributed by atoms with Crippen LogP contribution in [-0.2, 0) is 32.6 Å². The molecule has 0 aliphatic rings. The molecular weight excluding hydrogens is 570 g/mol. The van der Waals surface area contributed by atoms with E-state index in [1.165, 1.54) is 17.0 Å². The third-order valence-corrected chi connectivity index (χ3v) is 9.30. The molecule has 0 heterocycles. The van der Waals surface area contributed by atoms with Crippen molar-refractivity contribution in [3.63, 3.8) is 0 Å². The van der Waals surface area contributed by atoms with Gasteiger partial charge in [0, 0.05) is 19.5 Å². The maximum Gasteiger partial charge on any atom is 0.264 e. The van der Waals surface area contributed by atoms with Crippen LogP contribution in [0.15, 0.2) is 114 Å². The molecule has 0 fully saturated rings. The number of rotatable bonds is 13. The first-order chi connectivity index (χ1) is 21.1. The first-order valence-electron chi connectivity index (χ1n) is 14.9. The summed E-state index contributed by atoms with van der Waals surface area (Å²) in [4.78, 5) is 29.6. The van der Waals surface area contributed by atoms with Gasteiger partial charge in [0.15, 0.2) is 0 Å². The lowest BCUT2D eigenvalue weighted by molar-refractivity contribution is -0.140. The van der Waals surface area contributed by atoms with Gasteiger partial charge in [-0.15, -0.1) is 0 Å². The van der Waals surface area contributed by atoms with Crippen molar-refractivity contribution < 1.29 is 18.0 Å². The molecule has 0 aromatic heterocycles. The molecular formula is C36H41N3O4S. The number of likely N-dealkylation sites (N-methyl/N-ethyl adjacent to an activating group) is 1. The molecule has 2 amide bonds. The van der Waals surface area contributed by atoms with E-state index in [-0.39, 0.29) is 29.7 Å². The predicted molar refractivity (Wildman–Crippen MR) is 176 cm³/mol. The molecule has 0 aliphatic carbocycles. The molecule has 0 bridgehead atoms. The van der Waals surface area contributed by atoms with E-state index >= 15 is 0 Å². The van der Waals surface area contributed by atoms with Crippen molar-refractivity contribution >= 4 is 27.5 Å². The highest BCUT2D eigenvalue weighted by Crippen LogP contribution is 2.27. The third-order valence-electron chi connectivity index (χ3n) is 7.52. The van der Waals surface area contributed by atoms with Crippen LogP contribution >= 0.6 is 0 Å². The maximum absolute atomic E-state index is 14.4. The quantitative estimate of drug-likeness (QED) is 0.198. The zero-order chi connectivity index (χ0) is 31.7. The van der Waals surface area contributed by atoms with Gasteiger partial charge in [0.1, 0.15) is 12.6 Å². The number of anilines is 1. The van der Waals surface area contributed by atoms with Crippen molar-refractivity contribution in [1.29, 1.82) is 0 Å². The lowest BCUT2D eigenvalue weighted by atomic mass is 10.0. The number of carbonyl (C=O) groups is 2. The fraction of sp³-hybridized carbons (Fsp3) is 0.278. The number of nitrogens with zero attached hydrogens (tertiary/aromatic N) is 2. The molecule has 4 aromatic carbocycles. The Morgan fingerprint density at radius 3 is 2.00 bits per heavy atom. The first kappa shape index (κ1) is 32.5. The zero-order valence-corrected chi connectivity index (χ0v) is 26.6. The minimum absolute atomic E-state index is 0.0792. The summed E-state index contributed by atoms with van der Waals surface area (Å²) in [5.74, 6) is -0.521. The molecule has 0 saturated heterocycles. The fourth-order valence-electron chi connectivity index (χ4n) is 5.13. The van der Waals surface area contributed by atoms with Crippen LogP contribution in [0, 0.1) is 6.92 Å². The van der Waals surface area contributed by atoms with Gasteiger partial charge in [-0.25, -0.2) is 8.42 Å². The summed E-state index contributed by atoms with van der Waals surface area (Å²) in [6.45, 7) is 7.99. The number of carbonyl (C=O) groups excluding carboxylic acids is 2. The van der Waals surface area contributed by atoms with E-state index in [1.54, 1.807) is 30.3 Å². The normalized spacial score (nSPS) is 12.0. The molecule has 44 heavy (non-hydrogen) atoms. The molecule has 7 nitrogen and oxygen atoms in total. The predicted octanol–water partition coefficient (Wildman–Crippen LogP) is 6.09. The van der Waals surface area contributed by atoms with E-state index in [1.807, 2.05) is 80.6 Å². The van der Waals surface area contributed by atoms with Gasteiger partial charge in [-0.05, 0) is 60.7 Å². The van der Waals surface area contributed by atoms with Gasteiger partial charge in [0.2, 0.25) is 11.8 Å². The van der Waals surface area contributed by atoms with Crippen LogP contribution in [-0.4, -0.2) is 44.3 Å². The highest BCUT2D eigenvalue weighted by molar-refractivity contribution is 7.92. The molecule has 4 aromatic rings. The average molecular weight is 612 g/mol. The van der Waals surface area contributed by atoms with Crippen LogP contribution in [0.3, 0.4) is 0 Å². The summed E-state index contributed by atoms with van der Waals surface area (Å²) in [6.07, 6.45) is 0.277. The van der Waals surface area contributed by atoms with Gasteiger partial charge in [-0.3, -0.25) is 13.9 Å². The molecule has 1 N–H and O–H groups in total. The Morgan fingerprint density at radius 1 is 0.795 bits per heavy atom. The Labute approximate surface area is 261 Å². The molecule has 8 heteroatoms. The number of benzene rings is 4. The highest BCUT2D eigenvalue weighted by Gasteiger charge is 2.34. The van der Waals surface area contributed by atoms with Gasteiger partial charge < -0.3 is 10.2 Å². The van der Waals surface area contributed by atoms with Crippen LogP contribution in [0.2, 0.25) is 0 Å². The Balaban J connectivity index is 1.79. The second-order valence-corrected chi connectivity index (χ2v) is 13.0. The summed E-state index contributed by atoms with van der Waals surface area (Å²) >= 11 is 0. The second kappa shape index (κ2) is 14.8. The summed E-state index contributed by atoms with van der Waals surface area (Å²) < 4.78 is 29.3. The molecule has 0 spiro atoms. The van der Waals surface area contributed by atoms with Crippen molar-refractivity contribution in [1.82, 2.24) is 10.2 Å². The highest BCUT2D eigenvalue weighted by atomic mass is 32.2. The van der Waals surface area contributed by atoms with E-state index in [0.29, 0.717) is 12.2 Å². The molecule has 4 rings (SSSR count). The number of aryl methyl sites for hydroxylation is 1. The number of nitrogens with one attached hydrogen (secondary N) is 1. The summed E-state index contributed by atoms with van der Waals surface area (Å²) in [5.41, 5.74) is 4.19. The van der Waals surface area contributed by atoms with E-state index in [2.05, 4.69) is 19.2 Å². The minimum atomic E-state index is -4.13. The molecule has 230 valence electrons. The topological polar surface area (TPSA) is 86.8 Å². The van der Waals surface area contributed by atoms with Crippen LogP contribution in [0.5, 0.6) is 0 Å². The standard InChI is InChI=1S/C36H41N3O4S/c1-5-37-36(41)34(24-29-14-8-6-9-15-29)38(25-30-16-12-13-28(4)23-30)35(40)26-39(32-21-19-31(20-22-32)27(2)3)44(42,43)33-17-10-7-11-18-33/h6-23,27,34H,5,24-26H2,1-4H3,(H,37,41)/t34-/m0/s1. The Morgan fingerprint density at radius 2 is 1.41 bits per heavy atom. The maximum atomic E-state index is 14.4. The van der Waals surface area contributed by atoms with Crippen LogP contribution in [0.25, 0.3) is 0 Å². The second-order valence-electron chi connectivity index (χ2n) is 11.2. The summed E-state index contributed by atoms with van der Waals surface area (Å²) in [6, 6.07) is 31.8. The molecule has 0 aliphatic heterocycles. The lowest BCUT2D eigenvalue weighted by Crippen LogP contribution is -2.53. The fourth-order valence-corrected chi connectivity index (χ4v) is 6.56. The smallest absolute Gasteiger partial charge is 0.264 e. The van der Waals surface area contributed by atoms with E-state index < -0.39 is 28.5 Å². The molecule has 0 unspecified atom stereocenters. The summed E-state index contributed by atoms with van der Waals surface area (Å²) in [5, 5.41) is 2.89. The van der Waals surface area contributed by atoms with Crippen LogP contribution in [0.4, 0.5) is 5.69 Å². The molecule has 1 atom stereocenters. The van der Waals surface area contributed by atoms with Gasteiger partial charge in [0.05, 0.1) is 10.6 Å². The van der Waals surface area contributed by atoms with Crippen molar-refractivity contribution in [3.05, 3.63) is 131 Å². The van der Waals surface area contributed by atoms with Crippen molar-refractivity contribution in [3.8, 4) is 0 Å². The van der Waals surface area contributed by atoms with E-state index in [9.17, 15) is 18.0 Å². The van der Waals surface area contributed by atoms with Gasteiger partial charge in [0.25, 0.3) is 10.0 Å². The Bertz CT molecular complexity index is 1640. The average Bonchev–Trinajstić information content (AvgIpc) is 3.02. The molecule has 0 radical (unpaired) electrons. The van der Waals surface area contributed by atoms with E-state index in [0.717, 1.165) is 26.6 Å². The van der Waals surface area contributed by atoms with Crippen LogP contribution in [0.1, 0.15) is 48.9 Å². The van der Waals surface area contributed by atoms with E-state index in [4.69, 9.17) is 0 Å². The first-order valence-corrected chi connectivity index (χ1v) is 16.4. The van der Waals surface area contributed by atoms with Gasteiger partial charge in [-0.1, -0.05) is 104 Å². The number of hydrogen-bond donors (Lipinski definition) is 1. The third kappa shape index (κ3) is 8.14. The van der Waals surface area contributed by atoms with Gasteiger partial charge >= 0.3 is 0 Å². The number of amides is 2. The molecule has 0 saturated carbocycles. The van der Waals surface area contributed by atoms with Crippen LogP contribution < -0.4 is 9.62 Å². The largest absolute Gasteiger partial charge is 0.355 e. The Kier molecular flexibility index (Phi) is 11.0. The monoisotopic (exact) mass is 611 g/mol. The van der Waals surface area contributed by atoms with Crippen molar-refractivity contribution in [2.45, 2.75) is 57.5 Å². The lowest BCUT2D eigenvalue weighted by Gasteiger charge is -2.34. The Hall–Kier alpha value is -4.43. The number of sulfonamides is 1. The van der Waals surface area contributed by atoms with Crippen molar-refractivity contribution in [2.24, 2.45) is 0 Å². The minimum Gasteiger partial charge on any atom is -0.355 e.